The van der Waals surface area contributed by atoms with Crippen molar-refractivity contribution in [2.24, 2.45) is 0 Å². The Bertz CT molecular complexity index is 1410. The molecule has 0 saturated carbocycles. The van der Waals surface area contributed by atoms with Gasteiger partial charge < -0.3 is 30.3 Å². The molecule has 16 heteroatoms. The van der Waals surface area contributed by atoms with Gasteiger partial charge in [-0.1, -0.05) is 18.2 Å². The molecular formula is C26H29F3N6O7. The number of fused-ring (bicyclic) bond motifs is 1. The van der Waals surface area contributed by atoms with Crippen LogP contribution in [0, 0.1) is 0 Å². The Morgan fingerprint density at radius 3 is 2.67 bits per heavy atom. The predicted molar refractivity (Wildman–Crippen MR) is 139 cm³/mol. The van der Waals surface area contributed by atoms with E-state index in [4.69, 9.17) is 10.9 Å². The Labute approximate surface area is 238 Å². The zero-order valence-electron chi connectivity index (χ0n) is 23.1. The normalized spacial score (nSPS) is 20.8. The molecule has 0 bridgehead atoms. The number of carbonyl (C=O) groups is 3. The van der Waals surface area contributed by atoms with Crippen LogP contribution in [0.4, 0.5) is 19.0 Å². The smallest absolute Gasteiger partial charge is 0.396 e. The van der Waals surface area contributed by atoms with E-state index in [-0.39, 0.29) is 43.0 Å². The number of alkyl halides is 3. The zero-order valence-corrected chi connectivity index (χ0v) is 22.1. The van der Waals surface area contributed by atoms with E-state index < -0.39 is 61.3 Å². The first kappa shape index (κ1) is 29.5. The molecular weight excluding hydrogens is 565 g/mol. The van der Waals surface area contributed by atoms with Gasteiger partial charge in [-0.05, 0) is 31.4 Å². The number of benzene rings is 1. The summed E-state index contributed by atoms with van der Waals surface area (Å²) in [6.07, 6.45) is -6.84. The van der Waals surface area contributed by atoms with Crippen LogP contribution in [0.1, 0.15) is 42.3 Å². The van der Waals surface area contributed by atoms with Crippen LogP contribution in [0.3, 0.4) is 0 Å². The van der Waals surface area contributed by atoms with E-state index in [0.29, 0.717) is 12.0 Å². The molecule has 1 aliphatic heterocycles. The quantitative estimate of drug-likeness (QED) is 0.200. The summed E-state index contributed by atoms with van der Waals surface area (Å²) in [6, 6.07) is 8.46. The van der Waals surface area contributed by atoms with Crippen molar-refractivity contribution in [1.82, 2.24) is 24.8 Å². The van der Waals surface area contributed by atoms with Gasteiger partial charge in [-0.3, -0.25) is 19.0 Å². The first-order chi connectivity index (χ1) is 20.6. The number of carbonyl (C=O) groups excluding carboxylic acids is 3. The standard InChI is InChI=1S/C26H29F3N6O7/c27-26(28,29)17(37)9-4-10-30-18(38)12-41-21-20(39)16(8-5-11-36)42-25(21)35-14-33-19-22(31-13-32-23(19)35)34-24(40)15-6-2-1-3-7-15/h1-3,6-7,13-14,16,20-21,25,36,39H,4-5,8-12H2,(H,30,38)(H,31,32,34,40)/t16-,20?,21+,25-/m1/s1/i36T. The lowest BCUT2D eigenvalue weighted by molar-refractivity contribution is -0.171. The SMILES string of the molecule is [3H]OCCC[C@H]1O[C@@H](n2cnc3c(NC(=O)c4ccccc4)ncnc32)[C@@H](OCC(=O)NCCCC(=O)C(F)(F)F)C1O. The van der Waals surface area contributed by atoms with Crippen molar-refractivity contribution in [3.63, 3.8) is 0 Å². The molecule has 13 nitrogen and oxygen atoms in total. The van der Waals surface area contributed by atoms with Crippen molar-refractivity contribution in [3.8, 4) is 0 Å². The van der Waals surface area contributed by atoms with Crippen LogP contribution in [0.5, 0.6) is 0 Å². The molecule has 1 saturated heterocycles. The fourth-order valence-electron chi connectivity index (χ4n) is 4.39. The van der Waals surface area contributed by atoms with Crippen molar-refractivity contribution in [3.05, 3.63) is 48.5 Å². The van der Waals surface area contributed by atoms with Crippen LogP contribution >= 0.6 is 0 Å². The molecule has 42 heavy (non-hydrogen) atoms. The largest absolute Gasteiger partial charge is 0.449 e. The van der Waals surface area contributed by atoms with Gasteiger partial charge in [-0.2, -0.15) is 13.2 Å². The third-order valence-electron chi connectivity index (χ3n) is 6.47. The third kappa shape index (κ3) is 7.44. The summed E-state index contributed by atoms with van der Waals surface area (Å²) in [4.78, 5) is 48.7. The molecule has 0 spiro atoms. The van der Waals surface area contributed by atoms with Crippen molar-refractivity contribution in [1.29, 1.82) is 1.43 Å². The molecule has 1 aliphatic rings. The second-order valence-electron chi connectivity index (χ2n) is 9.42. The number of aromatic nitrogens is 4. The topological polar surface area (TPSA) is 178 Å². The lowest BCUT2D eigenvalue weighted by Crippen LogP contribution is -2.38. The average Bonchev–Trinajstić information content (AvgIpc) is 3.55. The minimum absolute atomic E-state index is 0.0910. The Morgan fingerprint density at radius 1 is 1.14 bits per heavy atom. The van der Waals surface area contributed by atoms with Crippen molar-refractivity contribution in [2.45, 2.75) is 56.4 Å². The van der Waals surface area contributed by atoms with Crippen molar-refractivity contribution < 1.29 is 47.2 Å². The van der Waals surface area contributed by atoms with E-state index in [2.05, 4.69) is 30.7 Å². The summed E-state index contributed by atoms with van der Waals surface area (Å²) < 4.78 is 57.2. The van der Waals surface area contributed by atoms with Gasteiger partial charge >= 0.3 is 6.18 Å². The summed E-state index contributed by atoms with van der Waals surface area (Å²) in [5, 5.41) is 20.4. The minimum Gasteiger partial charge on any atom is -0.396 e. The second kappa shape index (κ2) is 13.8. The Morgan fingerprint density at radius 2 is 1.93 bits per heavy atom. The number of hydrogen-bond acceptors (Lipinski definition) is 10. The van der Waals surface area contributed by atoms with E-state index in [0.717, 1.165) is 0 Å². The van der Waals surface area contributed by atoms with Crippen LogP contribution in [0.2, 0.25) is 0 Å². The molecule has 1 aromatic carbocycles. The zero-order chi connectivity index (χ0) is 31.0. The van der Waals surface area contributed by atoms with Crippen molar-refractivity contribution >= 4 is 34.6 Å². The molecule has 4 rings (SSSR count). The number of rotatable bonds is 14. The molecule has 1 unspecified atom stereocenters. The molecule has 2 aromatic heterocycles. The number of nitrogens with one attached hydrogen (secondary N) is 2. The minimum atomic E-state index is -4.93. The highest BCUT2D eigenvalue weighted by atomic mass is 19.4. The van der Waals surface area contributed by atoms with E-state index in [1.807, 2.05) is 0 Å². The first-order valence-corrected chi connectivity index (χ1v) is 13.0. The highest BCUT2D eigenvalue weighted by Gasteiger charge is 2.46. The summed E-state index contributed by atoms with van der Waals surface area (Å²) >= 11 is 0. The number of ketones is 1. The van der Waals surface area contributed by atoms with E-state index >= 15 is 0 Å². The number of hydrogen-bond donors (Lipinski definition) is 4. The number of halogens is 3. The van der Waals surface area contributed by atoms with Gasteiger partial charge in [0, 0.05) is 25.1 Å². The molecule has 3 aromatic rings. The van der Waals surface area contributed by atoms with Crippen LogP contribution in [0.25, 0.3) is 11.2 Å². The number of Topliss-reactive ketones (excluding diaryl/α,β-unsaturated/α-hetero) is 1. The predicted octanol–water partition coefficient (Wildman–Crippen LogP) is 1.52. The lowest BCUT2D eigenvalue weighted by Gasteiger charge is -2.22. The summed E-state index contributed by atoms with van der Waals surface area (Å²) in [7, 11) is 0. The van der Waals surface area contributed by atoms with Crippen LogP contribution in [-0.4, -0.2) is 93.0 Å². The Kier molecular flexibility index (Phi) is 9.68. The fraction of sp³-hybridized carbons (Fsp3) is 0.462. The van der Waals surface area contributed by atoms with Crippen molar-refractivity contribution in [2.75, 3.05) is 25.1 Å². The average molecular weight is 597 g/mol. The lowest BCUT2D eigenvalue weighted by atomic mass is 10.1. The molecule has 2 amide bonds. The number of imidazole rings is 1. The van der Waals surface area contributed by atoms with Crippen LogP contribution < -0.4 is 10.6 Å². The van der Waals surface area contributed by atoms with Gasteiger partial charge in [-0.25, -0.2) is 15.0 Å². The molecule has 4 atom stereocenters. The number of amides is 2. The molecule has 4 N–H and O–H groups in total. The Hall–Kier alpha value is -3.99. The second-order valence-corrected chi connectivity index (χ2v) is 9.42. The first-order valence-electron chi connectivity index (χ1n) is 13.4. The number of anilines is 1. The summed E-state index contributed by atoms with van der Waals surface area (Å²) in [6.45, 7) is -0.668. The maximum Gasteiger partial charge on any atom is 0.449 e. The molecule has 0 radical (unpaired) electrons. The summed E-state index contributed by atoms with van der Waals surface area (Å²) in [5.41, 5.74) is 0.855. The fourth-order valence-corrected chi connectivity index (χ4v) is 4.39. The van der Waals surface area contributed by atoms with E-state index in [1.165, 1.54) is 17.2 Å². The highest BCUT2D eigenvalue weighted by Crippen LogP contribution is 2.36. The van der Waals surface area contributed by atoms with Crippen LogP contribution in [-0.2, 0) is 19.1 Å². The van der Waals surface area contributed by atoms with Gasteiger partial charge in [0.15, 0.2) is 23.2 Å². The van der Waals surface area contributed by atoms with Gasteiger partial charge in [-0.15, -0.1) is 0 Å². The van der Waals surface area contributed by atoms with E-state index in [1.54, 1.807) is 30.3 Å². The number of aliphatic hydroxyl groups is 2. The highest BCUT2D eigenvalue weighted by molar-refractivity contribution is 6.06. The van der Waals surface area contributed by atoms with Crippen LogP contribution in [0.15, 0.2) is 43.0 Å². The maximum absolute atomic E-state index is 12.7. The van der Waals surface area contributed by atoms with E-state index in [9.17, 15) is 32.7 Å². The number of ether oxygens (including phenoxy) is 2. The molecule has 226 valence electrons. The molecule has 0 aliphatic carbocycles. The van der Waals surface area contributed by atoms with Gasteiger partial charge in [0.25, 0.3) is 5.91 Å². The molecule has 3 heterocycles. The van der Waals surface area contributed by atoms with Gasteiger partial charge in [0.05, 0.1) is 12.4 Å². The molecule has 1 fully saturated rings. The summed E-state index contributed by atoms with van der Waals surface area (Å²) in [5.74, 6) is -2.86. The maximum atomic E-state index is 12.7. The third-order valence-corrected chi connectivity index (χ3v) is 6.47. The Balaban J connectivity index is 1.46. The van der Waals surface area contributed by atoms with Gasteiger partial charge in [0.2, 0.25) is 13.1 Å². The number of nitrogens with zero attached hydrogens (tertiary/aromatic N) is 4. The van der Waals surface area contributed by atoms with Gasteiger partial charge in [0.1, 0.15) is 25.1 Å². The monoisotopic (exact) mass is 596 g/mol. The number of aliphatic hydroxyl groups excluding tert-OH is 2.